The molecule has 0 fully saturated rings. The van der Waals surface area contributed by atoms with Crippen molar-refractivity contribution in [2.24, 2.45) is 5.92 Å². The van der Waals surface area contributed by atoms with Crippen LogP contribution < -0.4 is 16.4 Å². The van der Waals surface area contributed by atoms with E-state index in [4.69, 9.17) is 5.73 Å². The van der Waals surface area contributed by atoms with Gasteiger partial charge in [-0.1, -0.05) is 13.8 Å². The largest absolute Gasteiger partial charge is 0.397 e. The number of aryl methyl sites for hydroxylation is 1. The molecule has 1 aliphatic heterocycles. The second kappa shape index (κ2) is 6.16. The van der Waals surface area contributed by atoms with E-state index in [1.807, 2.05) is 12.1 Å². The van der Waals surface area contributed by atoms with Crippen molar-refractivity contribution in [1.29, 1.82) is 0 Å². The van der Waals surface area contributed by atoms with Crippen molar-refractivity contribution in [3.63, 3.8) is 0 Å². The number of amides is 1. The van der Waals surface area contributed by atoms with Crippen LogP contribution in [0, 0.1) is 5.92 Å². The maximum atomic E-state index is 11.5. The molecule has 0 saturated carbocycles. The first-order valence-electron chi connectivity index (χ1n) is 7.44. The highest BCUT2D eigenvalue weighted by Gasteiger charge is 2.17. The summed E-state index contributed by atoms with van der Waals surface area (Å²) in [4.78, 5) is 11.5. The van der Waals surface area contributed by atoms with Gasteiger partial charge in [-0.3, -0.25) is 4.79 Å². The summed E-state index contributed by atoms with van der Waals surface area (Å²) in [6.45, 7) is 6.63. The summed E-state index contributed by atoms with van der Waals surface area (Å²) in [6, 6.07) is 4.32. The van der Waals surface area contributed by atoms with Crippen molar-refractivity contribution >= 4 is 23.0 Å². The summed E-state index contributed by atoms with van der Waals surface area (Å²) in [5, 5.41) is 6.37. The lowest BCUT2D eigenvalue weighted by Crippen LogP contribution is -2.21. The van der Waals surface area contributed by atoms with E-state index < -0.39 is 0 Å². The number of hydrogen-bond acceptors (Lipinski definition) is 3. The second-order valence-electron chi connectivity index (χ2n) is 6.16. The Bertz CT molecular complexity index is 497. The van der Waals surface area contributed by atoms with Gasteiger partial charge in [0.05, 0.1) is 11.4 Å². The Labute approximate surface area is 121 Å². The van der Waals surface area contributed by atoms with Crippen LogP contribution in [0.4, 0.5) is 17.1 Å². The lowest BCUT2D eigenvalue weighted by atomic mass is 10.0. The minimum absolute atomic E-state index is 0.0843. The average molecular weight is 275 g/mol. The number of hydrogen-bond donors (Lipinski definition) is 3. The summed E-state index contributed by atoms with van der Waals surface area (Å²) in [6.07, 6.45) is 3.62. The van der Waals surface area contributed by atoms with Crippen LogP contribution in [0.5, 0.6) is 0 Å². The van der Waals surface area contributed by atoms with Crippen LogP contribution in [0.2, 0.25) is 0 Å². The number of fused-ring (bicyclic) bond motifs is 1. The minimum atomic E-state index is 0.0843. The zero-order valence-corrected chi connectivity index (χ0v) is 12.6. The van der Waals surface area contributed by atoms with Gasteiger partial charge in [-0.15, -0.1) is 0 Å². The van der Waals surface area contributed by atoms with Gasteiger partial charge in [-0.25, -0.2) is 0 Å². The van der Waals surface area contributed by atoms with Gasteiger partial charge < -0.3 is 16.4 Å². The third-order valence-electron chi connectivity index (χ3n) is 3.75. The quantitative estimate of drug-likeness (QED) is 0.722. The smallest absolute Gasteiger partial charge is 0.224 e. The normalized spacial score (nSPS) is 15.7. The fourth-order valence-electron chi connectivity index (χ4n) is 2.49. The first-order chi connectivity index (χ1) is 9.45. The standard InChI is InChI=1S/C16H25N3O/c1-10(2)4-5-11(3)18-15-9-14-12(8-13(15)17)6-7-16(20)19-14/h8-11,18H,4-7,17H2,1-3H3,(H,19,20). The zero-order valence-electron chi connectivity index (χ0n) is 12.6. The Balaban J connectivity index is 2.08. The van der Waals surface area contributed by atoms with Crippen LogP contribution in [-0.2, 0) is 11.2 Å². The number of benzene rings is 1. The summed E-state index contributed by atoms with van der Waals surface area (Å²) >= 11 is 0. The van der Waals surface area contributed by atoms with Gasteiger partial charge in [-0.05, 0) is 49.8 Å². The molecule has 4 heteroatoms. The van der Waals surface area contributed by atoms with Crippen LogP contribution in [-0.4, -0.2) is 11.9 Å². The summed E-state index contributed by atoms with van der Waals surface area (Å²) in [5.41, 5.74) is 9.81. The second-order valence-corrected chi connectivity index (χ2v) is 6.16. The van der Waals surface area contributed by atoms with Gasteiger partial charge in [0.2, 0.25) is 5.91 Å². The summed E-state index contributed by atoms with van der Waals surface area (Å²) in [7, 11) is 0. The molecule has 0 bridgehead atoms. The van der Waals surface area contributed by atoms with E-state index in [1.54, 1.807) is 0 Å². The molecule has 0 spiro atoms. The third kappa shape index (κ3) is 3.65. The Morgan fingerprint density at radius 3 is 2.70 bits per heavy atom. The molecule has 0 aromatic heterocycles. The molecule has 1 aromatic rings. The van der Waals surface area contributed by atoms with Crippen LogP contribution >= 0.6 is 0 Å². The van der Waals surface area contributed by atoms with Crippen LogP contribution in [0.15, 0.2) is 12.1 Å². The zero-order chi connectivity index (χ0) is 14.7. The van der Waals surface area contributed by atoms with Gasteiger partial charge in [0, 0.05) is 18.2 Å². The summed E-state index contributed by atoms with van der Waals surface area (Å²) in [5.74, 6) is 0.792. The molecule has 1 aromatic carbocycles. The van der Waals surface area contributed by atoms with E-state index in [9.17, 15) is 4.79 Å². The molecule has 20 heavy (non-hydrogen) atoms. The van der Waals surface area contributed by atoms with Crippen molar-refractivity contribution in [3.05, 3.63) is 17.7 Å². The topological polar surface area (TPSA) is 67.1 Å². The van der Waals surface area contributed by atoms with Gasteiger partial charge in [-0.2, -0.15) is 0 Å². The van der Waals surface area contributed by atoms with Gasteiger partial charge >= 0.3 is 0 Å². The number of anilines is 3. The lowest BCUT2D eigenvalue weighted by Gasteiger charge is -2.22. The maximum absolute atomic E-state index is 11.5. The number of nitrogens with one attached hydrogen (secondary N) is 2. The van der Waals surface area contributed by atoms with Crippen molar-refractivity contribution in [2.45, 2.75) is 52.5 Å². The maximum Gasteiger partial charge on any atom is 0.224 e. The first-order valence-corrected chi connectivity index (χ1v) is 7.44. The molecule has 1 heterocycles. The highest BCUT2D eigenvalue weighted by Crippen LogP contribution is 2.31. The van der Waals surface area contributed by atoms with Crippen LogP contribution in [0.1, 0.15) is 45.6 Å². The Morgan fingerprint density at radius 2 is 2.00 bits per heavy atom. The van der Waals surface area contributed by atoms with Gasteiger partial charge in [0.25, 0.3) is 0 Å². The average Bonchev–Trinajstić information content (AvgIpc) is 2.38. The van der Waals surface area contributed by atoms with Gasteiger partial charge in [0.1, 0.15) is 0 Å². The molecule has 1 atom stereocenters. The molecule has 0 aliphatic carbocycles. The van der Waals surface area contributed by atoms with E-state index >= 15 is 0 Å². The van der Waals surface area contributed by atoms with Crippen molar-refractivity contribution in [3.8, 4) is 0 Å². The number of rotatable bonds is 5. The highest BCUT2D eigenvalue weighted by molar-refractivity contribution is 5.95. The molecule has 0 saturated heterocycles. The highest BCUT2D eigenvalue weighted by atomic mass is 16.1. The van der Waals surface area contributed by atoms with Crippen molar-refractivity contribution in [1.82, 2.24) is 0 Å². The third-order valence-corrected chi connectivity index (χ3v) is 3.75. The number of nitrogens with two attached hydrogens (primary N) is 1. The Hall–Kier alpha value is -1.71. The monoisotopic (exact) mass is 275 g/mol. The molecule has 1 unspecified atom stereocenters. The van der Waals surface area contributed by atoms with E-state index in [1.165, 1.54) is 6.42 Å². The summed E-state index contributed by atoms with van der Waals surface area (Å²) < 4.78 is 0. The van der Waals surface area contributed by atoms with E-state index in [2.05, 4.69) is 31.4 Å². The minimum Gasteiger partial charge on any atom is -0.397 e. The SMILES string of the molecule is CC(C)CCC(C)Nc1cc2c(cc1N)CCC(=O)N2. The van der Waals surface area contributed by atoms with Crippen LogP contribution in [0.25, 0.3) is 0 Å². The predicted molar refractivity (Wildman–Crippen MR) is 85.0 cm³/mol. The lowest BCUT2D eigenvalue weighted by molar-refractivity contribution is -0.116. The molecule has 4 N–H and O–H groups in total. The Morgan fingerprint density at radius 1 is 1.25 bits per heavy atom. The van der Waals surface area contributed by atoms with E-state index in [-0.39, 0.29) is 5.91 Å². The van der Waals surface area contributed by atoms with Crippen LogP contribution in [0.3, 0.4) is 0 Å². The first kappa shape index (κ1) is 14.7. The Kier molecular flexibility index (Phi) is 4.53. The fraction of sp³-hybridized carbons (Fsp3) is 0.562. The fourth-order valence-corrected chi connectivity index (χ4v) is 2.49. The van der Waals surface area contributed by atoms with Crippen molar-refractivity contribution < 1.29 is 4.79 Å². The molecule has 4 nitrogen and oxygen atoms in total. The molecular formula is C16H25N3O. The molecular weight excluding hydrogens is 250 g/mol. The molecule has 1 aliphatic rings. The molecule has 0 radical (unpaired) electrons. The molecule has 2 rings (SSSR count). The van der Waals surface area contributed by atoms with E-state index in [0.29, 0.717) is 18.4 Å². The number of carbonyl (C=O) groups is 1. The van der Waals surface area contributed by atoms with Gasteiger partial charge in [0.15, 0.2) is 0 Å². The predicted octanol–water partition coefficient (Wildman–Crippen LogP) is 3.39. The van der Waals surface area contributed by atoms with E-state index in [0.717, 1.165) is 35.5 Å². The molecule has 110 valence electrons. The molecule has 1 amide bonds. The number of nitrogen functional groups attached to an aromatic ring is 1. The van der Waals surface area contributed by atoms with Crippen molar-refractivity contribution in [2.75, 3.05) is 16.4 Å². The number of carbonyl (C=O) groups excluding carboxylic acids is 1.